The van der Waals surface area contributed by atoms with Gasteiger partial charge < -0.3 is 20.1 Å². The molecule has 8 heteroatoms. The number of rotatable bonds is 9. The Morgan fingerprint density at radius 1 is 1.24 bits per heavy atom. The molecule has 102 valence electrons. The van der Waals surface area contributed by atoms with Gasteiger partial charge in [0.2, 0.25) is 5.91 Å². The van der Waals surface area contributed by atoms with E-state index in [2.05, 4.69) is 5.32 Å². The fourth-order valence-electron chi connectivity index (χ4n) is 0.852. The Balaban J connectivity index is 3.28. The number of methoxy groups -OCH3 is 1. The van der Waals surface area contributed by atoms with Gasteiger partial charge in [-0.05, 0) is 0 Å². The summed E-state index contributed by atoms with van der Waals surface area (Å²) in [5.74, 6) is -0.695. The van der Waals surface area contributed by atoms with Crippen molar-refractivity contribution in [2.75, 3.05) is 46.6 Å². The number of hydrogen-bond acceptors (Lipinski definition) is 4. The lowest BCUT2D eigenvalue weighted by molar-refractivity contribution is -0.137. The molecule has 0 saturated carbocycles. The molecule has 0 aromatic heterocycles. The van der Waals surface area contributed by atoms with Crippen LogP contribution in [0.5, 0.6) is 0 Å². The minimum Gasteiger partial charge on any atom is -0.382 e. The second-order valence-electron chi connectivity index (χ2n) is 3.17. The third-order valence-corrected chi connectivity index (χ3v) is 1.63. The van der Waals surface area contributed by atoms with Crippen molar-refractivity contribution in [3.8, 4) is 0 Å². The number of carbonyl (C=O) groups excluding carboxylic acids is 1. The normalized spacial score (nSPS) is 11.5. The van der Waals surface area contributed by atoms with Gasteiger partial charge in [0.05, 0.1) is 26.4 Å². The summed E-state index contributed by atoms with van der Waals surface area (Å²) in [6.45, 7) is 0.213. The molecule has 0 radical (unpaired) electrons. The number of hydrogen-bond donors (Lipinski definition) is 2. The molecule has 0 saturated heterocycles. The summed E-state index contributed by atoms with van der Waals surface area (Å²) in [5, 5.41) is 4.40. The van der Waals surface area contributed by atoms with Crippen molar-refractivity contribution >= 4 is 5.91 Å². The highest BCUT2D eigenvalue weighted by Gasteiger charge is 2.27. The minimum atomic E-state index is -4.38. The molecule has 1 amide bonds. The van der Waals surface area contributed by atoms with E-state index >= 15 is 0 Å². The van der Waals surface area contributed by atoms with Crippen LogP contribution >= 0.6 is 0 Å². The summed E-state index contributed by atoms with van der Waals surface area (Å²) in [6, 6.07) is 0. The quantitative estimate of drug-likeness (QED) is 0.568. The number of halogens is 3. The van der Waals surface area contributed by atoms with Crippen LogP contribution in [0.4, 0.5) is 13.2 Å². The predicted molar refractivity (Wildman–Crippen MR) is 54.6 cm³/mol. The molecule has 0 aliphatic heterocycles. The second kappa shape index (κ2) is 9.20. The van der Waals surface area contributed by atoms with Gasteiger partial charge in [0.1, 0.15) is 6.54 Å². The van der Waals surface area contributed by atoms with E-state index in [0.717, 1.165) is 0 Å². The first-order valence-corrected chi connectivity index (χ1v) is 5.06. The lowest BCUT2D eigenvalue weighted by Gasteiger charge is -2.09. The molecule has 0 spiro atoms. The maximum absolute atomic E-state index is 11.7. The van der Waals surface area contributed by atoms with Crippen LogP contribution in [0.15, 0.2) is 0 Å². The van der Waals surface area contributed by atoms with E-state index in [1.807, 2.05) is 0 Å². The third-order valence-electron chi connectivity index (χ3n) is 1.63. The van der Waals surface area contributed by atoms with Crippen LogP contribution in [-0.2, 0) is 14.3 Å². The van der Waals surface area contributed by atoms with Crippen LogP contribution in [0.1, 0.15) is 0 Å². The van der Waals surface area contributed by atoms with Gasteiger partial charge in [-0.25, -0.2) is 0 Å². The van der Waals surface area contributed by atoms with E-state index in [9.17, 15) is 18.0 Å². The van der Waals surface area contributed by atoms with Crippen LogP contribution in [-0.4, -0.2) is 58.6 Å². The number of alkyl halides is 3. The van der Waals surface area contributed by atoms with E-state index in [1.165, 1.54) is 0 Å². The van der Waals surface area contributed by atoms with E-state index in [4.69, 9.17) is 9.47 Å². The third kappa shape index (κ3) is 13.1. The van der Waals surface area contributed by atoms with Gasteiger partial charge >= 0.3 is 6.18 Å². The van der Waals surface area contributed by atoms with Gasteiger partial charge in [0.25, 0.3) is 0 Å². The van der Waals surface area contributed by atoms with Crippen molar-refractivity contribution in [1.82, 2.24) is 10.6 Å². The molecule has 0 aliphatic rings. The topological polar surface area (TPSA) is 59.6 Å². The first-order chi connectivity index (χ1) is 7.95. The highest BCUT2D eigenvalue weighted by atomic mass is 19.4. The summed E-state index contributed by atoms with van der Waals surface area (Å²) in [5.41, 5.74) is 0. The van der Waals surface area contributed by atoms with Crippen LogP contribution in [0.3, 0.4) is 0 Å². The Kier molecular flexibility index (Phi) is 8.73. The van der Waals surface area contributed by atoms with Crippen LogP contribution in [0, 0.1) is 0 Å². The van der Waals surface area contributed by atoms with Crippen molar-refractivity contribution in [1.29, 1.82) is 0 Å². The number of nitrogens with one attached hydrogen (secondary N) is 2. The molecule has 0 heterocycles. The zero-order valence-corrected chi connectivity index (χ0v) is 9.60. The molecule has 0 atom stereocenters. The summed E-state index contributed by atoms with van der Waals surface area (Å²) < 4.78 is 44.9. The fourth-order valence-corrected chi connectivity index (χ4v) is 0.852. The number of amides is 1. The number of ether oxygens (including phenoxy) is 2. The van der Waals surface area contributed by atoms with E-state index in [0.29, 0.717) is 26.4 Å². The SMILES string of the molecule is COCCOCCNCC(=O)NCC(F)(F)F. The molecular weight excluding hydrogens is 241 g/mol. The molecule has 5 nitrogen and oxygen atoms in total. The maximum Gasteiger partial charge on any atom is 0.405 e. The van der Waals surface area contributed by atoms with Crippen molar-refractivity contribution in [2.24, 2.45) is 0 Å². The molecular formula is C9H17F3N2O3. The van der Waals surface area contributed by atoms with Crippen molar-refractivity contribution in [3.05, 3.63) is 0 Å². The molecule has 17 heavy (non-hydrogen) atoms. The summed E-state index contributed by atoms with van der Waals surface area (Å²) in [4.78, 5) is 10.9. The highest BCUT2D eigenvalue weighted by molar-refractivity contribution is 5.77. The van der Waals surface area contributed by atoms with Crippen LogP contribution in [0.25, 0.3) is 0 Å². The van der Waals surface area contributed by atoms with Gasteiger partial charge in [-0.15, -0.1) is 0 Å². The predicted octanol–water partition coefficient (Wildman–Crippen LogP) is -0.0825. The molecule has 0 unspecified atom stereocenters. The lowest BCUT2D eigenvalue weighted by atomic mass is 10.5. The second-order valence-corrected chi connectivity index (χ2v) is 3.17. The van der Waals surface area contributed by atoms with Gasteiger partial charge in [-0.1, -0.05) is 0 Å². The first kappa shape index (κ1) is 16.1. The van der Waals surface area contributed by atoms with Crippen molar-refractivity contribution in [2.45, 2.75) is 6.18 Å². The molecule has 2 N–H and O–H groups in total. The minimum absolute atomic E-state index is 0.163. The van der Waals surface area contributed by atoms with Crippen molar-refractivity contribution < 1.29 is 27.4 Å². The molecule has 0 aromatic rings. The molecule has 0 aromatic carbocycles. The smallest absolute Gasteiger partial charge is 0.382 e. The Hall–Kier alpha value is -0.860. The van der Waals surface area contributed by atoms with Crippen LogP contribution in [0.2, 0.25) is 0 Å². The Morgan fingerprint density at radius 2 is 1.94 bits per heavy atom. The molecule has 0 aliphatic carbocycles. The van der Waals surface area contributed by atoms with Crippen molar-refractivity contribution in [3.63, 3.8) is 0 Å². The standard InChI is InChI=1S/C9H17F3N2O3/c1-16-4-5-17-3-2-13-6-8(15)14-7-9(10,11)12/h13H,2-7H2,1H3,(H,14,15). The van der Waals surface area contributed by atoms with E-state index in [-0.39, 0.29) is 6.54 Å². The van der Waals surface area contributed by atoms with Gasteiger partial charge in [0.15, 0.2) is 0 Å². The maximum atomic E-state index is 11.7. The molecule has 0 fully saturated rings. The Bertz CT molecular complexity index is 212. The first-order valence-electron chi connectivity index (χ1n) is 5.06. The Morgan fingerprint density at radius 3 is 2.53 bits per heavy atom. The Labute approximate surface area is 97.6 Å². The largest absolute Gasteiger partial charge is 0.405 e. The van der Waals surface area contributed by atoms with E-state index in [1.54, 1.807) is 12.4 Å². The number of carbonyl (C=O) groups is 1. The average Bonchev–Trinajstić information content (AvgIpc) is 2.24. The zero-order valence-electron chi connectivity index (χ0n) is 9.60. The summed E-state index contributed by atoms with van der Waals surface area (Å²) in [7, 11) is 1.55. The van der Waals surface area contributed by atoms with Gasteiger partial charge in [-0.2, -0.15) is 13.2 Å². The lowest BCUT2D eigenvalue weighted by Crippen LogP contribution is -2.39. The molecule has 0 rings (SSSR count). The summed E-state index contributed by atoms with van der Waals surface area (Å²) in [6.07, 6.45) is -4.38. The summed E-state index contributed by atoms with van der Waals surface area (Å²) >= 11 is 0. The fraction of sp³-hybridized carbons (Fsp3) is 0.889. The monoisotopic (exact) mass is 258 g/mol. The van der Waals surface area contributed by atoms with Gasteiger partial charge in [-0.3, -0.25) is 4.79 Å². The van der Waals surface area contributed by atoms with Crippen LogP contribution < -0.4 is 10.6 Å². The molecule has 0 bridgehead atoms. The van der Waals surface area contributed by atoms with Gasteiger partial charge in [0, 0.05) is 13.7 Å². The average molecular weight is 258 g/mol. The van der Waals surface area contributed by atoms with E-state index < -0.39 is 18.6 Å². The highest BCUT2D eigenvalue weighted by Crippen LogP contribution is 2.11. The zero-order chi connectivity index (χ0) is 13.1.